The number of halogens is 1. The molecule has 2 bridgehead atoms. The van der Waals surface area contributed by atoms with E-state index in [4.69, 9.17) is 0 Å². The zero-order valence-corrected chi connectivity index (χ0v) is 28.5. The predicted molar refractivity (Wildman–Crippen MR) is 176 cm³/mol. The number of nitrogens with one attached hydrogen (secondary N) is 3. The summed E-state index contributed by atoms with van der Waals surface area (Å²) in [7, 11) is 6.44. The summed E-state index contributed by atoms with van der Waals surface area (Å²) in [6.45, 7) is 5.36. The van der Waals surface area contributed by atoms with Gasteiger partial charge in [-0.05, 0) is 69.2 Å². The summed E-state index contributed by atoms with van der Waals surface area (Å²) >= 11 is 0. The summed E-state index contributed by atoms with van der Waals surface area (Å²) in [5, 5.41) is 19.4. The molecule has 2 aromatic rings. The monoisotopic (exact) mass is 665 g/mol. The Morgan fingerprint density at radius 2 is 1.73 bits per heavy atom. The van der Waals surface area contributed by atoms with Crippen LogP contribution in [0.3, 0.4) is 0 Å². The number of likely N-dealkylation sites (N-methyl/N-ethyl adjacent to an activating group) is 1. The molecule has 2 aliphatic heterocycles. The fourth-order valence-electron chi connectivity index (χ4n) is 5.98. The first-order valence-electron chi connectivity index (χ1n) is 15.8. The van der Waals surface area contributed by atoms with Crippen molar-refractivity contribution >= 4 is 23.6 Å². The molecule has 4 N–H and O–H groups in total. The molecule has 1 saturated carbocycles. The third-order valence-electron chi connectivity index (χ3n) is 9.23. The first-order chi connectivity index (χ1) is 22.5. The van der Waals surface area contributed by atoms with E-state index in [1.165, 1.54) is 26.2 Å². The maximum Gasteiger partial charge on any atom is 0.311 e. The maximum absolute atomic E-state index is 14.1. The van der Waals surface area contributed by atoms with E-state index >= 15 is 0 Å². The van der Waals surface area contributed by atoms with Gasteiger partial charge in [-0.1, -0.05) is 30.7 Å². The van der Waals surface area contributed by atoms with Gasteiger partial charge in [0.05, 0.1) is 11.0 Å². The Balaban J connectivity index is 1.77. The third-order valence-corrected chi connectivity index (χ3v) is 9.23. The number of fused-ring (bicyclic) bond motifs is 2. The highest BCUT2D eigenvalue weighted by Gasteiger charge is 2.55. The molecule has 1 aromatic carbocycles. The van der Waals surface area contributed by atoms with Crippen LogP contribution in [0.2, 0.25) is 0 Å². The number of allylic oxidation sites excluding steroid dienone is 3. The van der Waals surface area contributed by atoms with Crippen molar-refractivity contribution in [1.82, 2.24) is 35.3 Å². The molecule has 0 spiro atoms. The number of carbonyl (C=O) groups is 4. The number of rotatable bonds is 9. The third kappa shape index (κ3) is 7.11. The van der Waals surface area contributed by atoms with Crippen molar-refractivity contribution in [2.24, 2.45) is 5.41 Å². The fraction of sp³-hybridized carbons (Fsp3) is 0.471. The summed E-state index contributed by atoms with van der Waals surface area (Å²) in [6, 6.07) is 4.32. The molecule has 14 heteroatoms. The largest absolute Gasteiger partial charge is 0.501 e. The van der Waals surface area contributed by atoms with Gasteiger partial charge < -0.3 is 30.9 Å². The molecule has 1 aromatic heterocycles. The molecular formula is C34H44FN7O6. The van der Waals surface area contributed by atoms with E-state index in [9.17, 15) is 33.5 Å². The molecule has 3 heterocycles. The smallest absolute Gasteiger partial charge is 0.311 e. The summed E-state index contributed by atoms with van der Waals surface area (Å²) in [5.74, 6) is -3.84. The summed E-state index contributed by atoms with van der Waals surface area (Å²) in [5.41, 5.74) is -2.02. The number of benzene rings is 1. The molecular weight excluding hydrogens is 621 g/mol. The van der Waals surface area contributed by atoms with Crippen LogP contribution in [0.4, 0.5) is 4.39 Å². The Labute approximate surface area is 278 Å². The first-order valence-corrected chi connectivity index (χ1v) is 15.8. The van der Waals surface area contributed by atoms with Crippen LogP contribution >= 0.6 is 0 Å². The number of hydrogen-bond acceptors (Lipinski definition) is 8. The Bertz CT molecular complexity index is 1750. The Kier molecular flexibility index (Phi) is 10.5. The van der Waals surface area contributed by atoms with Crippen molar-refractivity contribution in [1.29, 1.82) is 0 Å². The highest BCUT2D eigenvalue weighted by atomic mass is 19.1. The molecule has 1 fully saturated rings. The van der Waals surface area contributed by atoms with E-state index in [1.807, 2.05) is 19.9 Å². The van der Waals surface area contributed by atoms with E-state index in [2.05, 4.69) is 20.9 Å². The number of carbonyl (C=O) groups excluding carboxylic acids is 4. The summed E-state index contributed by atoms with van der Waals surface area (Å²) < 4.78 is 14.9. The molecule has 13 nitrogen and oxygen atoms in total. The molecule has 0 saturated heterocycles. The van der Waals surface area contributed by atoms with Gasteiger partial charge in [-0.15, -0.1) is 0 Å². The van der Waals surface area contributed by atoms with Gasteiger partial charge in [-0.3, -0.25) is 28.5 Å². The maximum atomic E-state index is 14.1. The van der Waals surface area contributed by atoms with Crippen LogP contribution in [0.25, 0.3) is 0 Å². The standard InChI is InChI=1S/C34H44FN7O6/c1-8-20(2)9-12-24(40(4)5)37-32(48)33-13-15-34(16-14-33,39-28(45)30(47)41(6)7)31-38-25(26(43)29(46)42(31)19-33)27(44)36-18-22-10-11-23(35)21(3)17-22/h9-12,17,43H,8,13-16,18-19H2,1-7H3,(H,36,44)(H,37,48)(H,39,45). The lowest BCUT2D eigenvalue weighted by Gasteiger charge is -2.41. The molecule has 1 aliphatic carbocycles. The Hall–Kier alpha value is -5.01. The fourth-order valence-corrected chi connectivity index (χ4v) is 5.98. The van der Waals surface area contributed by atoms with Crippen molar-refractivity contribution < 1.29 is 28.7 Å². The number of aryl methyl sites for hydroxylation is 1. The molecule has 258 valence electrons. The first kappa shape index (κ1) is 35.8. The quantitative estimate of drug-likeness (QED) is 0.234. The van der Waals surface area contributed by atoms with Crippen LogP contribution in [0.1, 0.15) is 73.4 Å². The highest BCUT2D eigenvalue weighted by molar-refractivity contribution is 6.35. The van der Waals surface area contributed by atoms with E-state index in [-0.39, 0.29) is 50.5 Å². The van der Waals surface area contributed by atoms with Gasteiger partial charge in [0.1, 0.15) is 17.5 Å². The molecule has 4 amide bonds. The van der Waals surface area contributed by atoms with Gasteiger partial charge in [0.15, 0.2) is 5.69 Å². The van der Waals surface area contributed by atoms with E-state index in [0.717, 1.165) is 21.5 Å². The molecule has 0 atom stereocenters. The average molecular weight is 666 g/mol. The number of nitrogens with zero attached hydrogens (tertiary/aromatic N) is 4. The van der Waals surface area contributed by atoms with Crippen molar-refractivity contribution in [2.75, 3.05) is 28.2 Å². The van der Waals surface area contributed by atoms with Crippen LogP contribution in [0.15, 0.2) is 46.5 Å². The number of aromatic hydroxyl groups is 1. The van der Waals surface area contributed by atoms with Gasteiger partial charge >= 0.3 is 11.8 Å². The predicted octanol–water partition coefficient (Wildman–Crippen LogP) is 2.18. The Morgan fingerprint density at radius 1 is 1.06 bits per heavy atom. The minimum Gasteiger partial charge on any atom is -0.501 e. The highest BCUT2D eigenvalue weighted by Crippen LogP contribution is 2.50. The van der Waals surface area contributed by atoms with Crippen LogP contribution in [-0.4, -0.2) is 76.3 Å². The van der Waals surface area contributed by atoms with Gasteiger partial charge in [-0.25, -0.2) is 9.37 Å². The van der Waals surface area contributed by atoms with Crippen molar-refractivity contribution in [2.45, 2.75) is 71.5 Å². The number of aromatic nitrogens is 2. The normalized spacial score (nSPS) is 20.3. The van der Waals surface area contributed by atoms with Crippen molar-refractivity contribution in [3.8, 4) is 5.75 Å². The van der Waals surface area contributed by atoms with E-state index in [0.29, 0.717) is 16.9 Å². The molecule has 3 aliphatic rings. The molecule has 5 rings (SSSR count). The van der Waals surface area contributed by atoms with E-state index < -0.39 is 51.5 Å². The second-order valence-corrected chi connectivity index (χ2v) is 13.1. The number of amides is 4. The zero-order valence-electron chi connectivity index (χ0n) is 28.5. The van der Waals surface area contributed by atoms with Crippen LogP contribution in [0, 0.1) is 18.2 Å². The van der Waals surface area contributed by atoms with Crippen molar-refractivity contribution in [3.63, 3.8) is 0 Å². The van der Waals surface area contributed by atoms with Gasteiger partial charge in [0, 0.05) is 41.3 Å². The number of hydrogen-bond donors (Lipinski definition) is 4. The van der Waals surface area contributed by atoms with Gasteiger partial charge in [0.2, 0.25) is 11.7 Å². The zero-order chi connectivity index (χ0) is 35.6. The van der Waals surface area contributed by atoms with Gasteiger partial charge in [0.25, 0.3) is 11.5 Å². The lowest BCUT2D eigenvalue weighted by atomic mass is 9.67. The molecule has 0 radical (unpaired) electrons. The summed E-state index contributed by atoms with van der Waals surface area (Å²) in [6.07, 6.45) is 5.20. The lowest BCUT2D eigenvalue weighted by molar-refractivity contribution is -0.146. The average Bonchev–Trinajstić information content (AvgIpc) is 3.27. The van der Waals surface area contributed by atoms with Crippen LogP contribution < -0.4 is 21.5 Å². The van der Waals surface area contributed by atoms with E-state index in [1.54, 1.807) is 38.1 Å². The second-order valence-electron chi connectivity index (χ2n) is 13.1. The topological polar surface area (TPSA) is 166 Å². The summed E-state index contributed by atoms with van der Waals surface area (Å²) in [4.78, 5) is 74.4. The minimum atomic E-state index is -1.40. The SMILES string of the molecule is CCC(C)=CC=C(NC(=O)C12CCC(NC(=O)C(=O)N(C)C)(CC1)c1nc(C(=O)NCc3ccc(F)c(C)c3)c(O)c(=O)n1C2)N(C)C. The molecule has 0 unspecified atom stereocenters. The lowest BCUT2D eigenvalue weighted by Crippen LogP contribution is -2.55. The van der Waals surface area contributed by atoms with Crippen LogP contribution in [-0.2, 0) is 33.0 Å². The van der Waals surface area contributed by atoms with Crippen LogP contribution in [0.5, 0.6) is 5.75 Å². The molecule has 48 heavy (non-hydrogen) atoms. The van der Waals surface area contributed by atoms with Crippen molar-refractivity contribution in [3.05, 3.63) is 80.6 Å². The Morgan fingerprint density at radius 3 is 2.31 bits per heavy atom. The van der Waals surface area contributed by atoms with Gasteiger partial charge in [-0.2, -0.15) is 0 Å². The second kappa shape index (κ2) is 14.0. The minimum absolute atomic E-state index is 0.0370.